The predicted molar refractivity (Wildman–Crippen MR) is 118 cm³/mol. The number of hydrogen-bond donors (Lipinski definition) is 2. The summed E-state index contributed by atoms with van der Waals surface area (Å²) in [5.41, 5.74) is 1.90. The SMILES string of the molecule is Cc1ccc(NC(=O)COC(=O)c2cc3ccccc3[nH]2)cc1S(=O)(=O)N1CCOCC1. The monoisotopic (exact) mass is 457 g/mol. The van der Waals surface area contributed by atoms with E-state index in [1.165, 1.54) is 10.4 Å². The van der Waals surface area contributed by atoms with E-state index in [-0.39, 0.29) is 23.7 Å². The van der Waals surface area contributed by atoms with Crippen LogP contribution in [0.5, 0.6) is 0 Å². The second-order valence-corrected chi connectivity index (χ2v) is 9.30. The summed E-state index contributed by atoms with van der Waals surface area (Å²) in [6.45, 7) is 2.44. The number of anilines is 1. The average molecular weight is 458 g/mol. The van der Waals surface area contributed by atoms with Crippen molar-refractivity contribution in [1.82, 2.24) is 9.29 Å². The molecule has 1 fully saturated rings. The number of hydrogen-bond acceptors (Lipinski definition) is 6. The molecule has 2 N–H and O–H groups in total. The Hall–Kier alpha value is -3.21. The molecule has 2 aromatic carbocycles. The number of carbonyl (C=O) groups is 2. The first-order valence-electron chi connectivity index (χ1n) is 10.1. The molecule has 0 radical (unpaired) electrons. The summed E-state index contributed by atoms with van der Waals surface area (Å²) in [4.78, 5) is 27.6. The molecule has 1 aromatic heterocycles. The van der Waals surface area contributed by atoms with Crippen molar-refractivity contribution < 1.29 is 27.5 Å². The van der Waals surface area contributed by atoms with Crippen LogP contribution in [0.1, 0.15) is 16.1 Å². The first kappa shape index (κ1) is 22.0. The van der Waals surface area contributed by atoms with E-state index in [1.54, 1.807) is 25.1 Å². The molecule has 1 aliphatic heterocycles. The van der Waals surface area contributed by atoms with Gasteiger partial charge in [-0.3, -0.25) is 4.79 Å². The summed E-state index contributed by atoms with van der Waals surface area (Å²) in [7, 11) is -3.71. The number of benzene rings is 2. The third-order valence-corrected chi connectivity index (χ3v) is 7.18. The number of sulfonamides is 1. The number of H-pyrrole nitrogens is 1. The van der Waals surface area contributed by atoms with Gasteiger partial charge in [0.05, 0.1) is 18.1 Å². The highest BCUT2D eigenvalue weighted by Gasteiger charge is 2.28. The van der Waals surface area contributed by atoms with Crippen molar-refractivity contribution in [2.24, 2.45) is 0 Å². The van der Waals surface area contributed by atoms with E-state index in [4.69, 9.17) is 9.47 Å². The molecule has 0 saturated carbocycles. The fourth-order valence-corrected chi connectivity index (χ4v) is 5.13. The van der Waals surface area contributed by atoms with Gasteiger partial charge in [-0.2, -0.15) is 4.31 Å². The summed E-state index contributed by atoms with van der Waals surface area (Å²) in [6.07, 6.45) is 0. The molecule has 10 heteroatoms. The zero-order chi connectivity index (χ0) is 22.7. The maximum absolute atomic E-state index is 13.0. The number of nitrogens with one attached hydrogen (secondary N) is 2. The third-order valence-electron chi connectivity index (χ3n) is 5.14. The van der Waals surface area contributed by atoms with Gasteiger partial charge in [-0.05, 0) is 36.8 Å². The molecule has 168 valence electrons. The van der Waals surface area contributed by atoms with Crippen molar-refractivity contribution in [2.75, 3.05) is 38.2 Å². The van der Waals surface area contributed by atoms with Crippen LogP contribution in [0.2, 0.25) is 0 Å². The number of morpholine rings is 1. The lowest BCUT2D eigenvalue weighted by atomic mass is 10.2. The Kier molecular flexibility index (Phi) is 6.26. The first-order valence-corrected chi connectivity index (χ1v) is 11.5. The zero-order valence-corrected chi connectivity index (χ0v) is 18.3. The molecule has 1 amide bonds. The van der Waals surface area contributed by atoms with E-state index in [2.05, 4.69) is 10.3 Å². The van der Waals surface area contributed by atoms with Gasteiger partial charge in [0.25, 0.3) is 5.91 Å². The number of carbonyl (C=O) groups excluding carboxylic acids is 2. The third kappa shape index (κ3) is 4.67. The van der Waals surface area contributed by atoms with Crippen molar-refractivity contribution >= 4 is 38.5 Å². The Morgan fingerprint density at radius 1 is 1.12 bits per heavy atom. The number of nitrogens with zero attached hydrogens (tertiary/aromatic N) is 1. The normalized spacial score (nSPS) is 14.9. The highest BCUT2D eigenvalue weighted by atomic mass is 32.2. The van der Waals surface area contributed by atoms with Gasteiger partial charge in [0.1, 0.15) is 5.69 Å². The molecule has 1 aliphatic rings. The van der Waals surface area contributed by atoms with Crippen LogP contribution in [0.15, 0.2) is 53.4 Å². The molecule has 1 saturated heterocycles. The van der Waals surface area contributed by atoms with Gasteiger partial charge >= 0.3 is 5.97 Å². The molecule has 0 spiro atoms. The zero-order valence-electron chi connectivity index (χ0n) is 17.5. The minimum absolute atomic E-state index is 0.118. The molecule has 9 nitrogen and oxygen atoms in total. The molecule has 3 aromatic rings. The minimum atomic E-state index is -3.71. The topological polar surface area (TPSA) is 118 Å². The Morgan fingerprint density at radius 2 is 1.88 bits per heavy atom. The lowest BCUT2D eigenvalue weighted by molar-refractivity contribution is -0.119. The van der Waals surface area contributed by atoms with Crippen molar-refractivity contribution in [3.63, 3.8) is 0 Å². The van der Waals surface area contributed by atoms with Crippen LogP contribution in [-0.4, -0.2) is 62.5 Å². The number of esters is 1. The van der Waals surface area contributed by atoms with Gasteiger partial charge in [0.15, 0.2) is 6.61 Å². The molecule has 2 heterocycles. The molecule has 4 rings (SSSR count). The van der Waals surface area contributed by atoms with Crippen molar-refractivity contribution in [3.05, 3.63) is 59.8 Å². The predicted octanol–water partition coefficient (Wildman–Crippen LogP) is 2.29. The molecular formula is C22H23N3O6S. The molecule has 0 atom stereocenters. The average Bonchev–Trinajstić information content (AvgIpc) is 3.24. The van der Waals surface area contributed by atoms with Crippen molar-refractivity contribution in [3.8, 4) is 0 Å². The fourth-order valence-electron chi connectivity index (χ4n) is 3.47. The van der Waals surface area contributed by atoms with E-state index < -0.39 is 28.5 Å². The summed E-state index contributed by atoms with van der Waals surface area (Å²) in [5.74, 6) is -1.23. The summed E-state index contributed by atoms with van der Waals surface area (Å²) in [6, 6.07) is 13.7. The number of aromatic amines is 1. The second kappa shape index (κ2) is 9.11. The minimum Gasteiger partial charge on any atom is -0.451 e. The van der Waals surface area contributed by atoms with Crippen LogP contribution in [0.3, 0.4) is 0 Å². The first-order chi connectivity index (χ1) is 15.3. The Labute approximate surface area is 185 Å². The van der Waals surface area contributed by atoms with E-state index in [9.17, 15) is 18.0 Å². The van der Waals surface area contributed by atoms with E-state index >= 15 is 0 Å². The maximum atomic E-state index is 13.0. The molecule has 0 aliphatic carbocycles. The van der Waals surface area contributed by atoms with Crippen LogP contribution in [0.25, 0.3) is 10.9 Å². The number of amides is 1. The summed E-state index contributed by atoms with van der Waals surface area (Å²) in [5, 5.41) is 3.44. The maximum Gasteiger partial charge on any atom is 0.355 e. The van der Waals surface area contributed by atoms with Gasteiger partial charge in [0.2, 0.25) is 10.0 Å². The van der Waals surface area contributed by atoms with Crippen LogP contribution in [0, 0.1) is 6.92 Å². The van der Waals surface area contributed by atoms with Crippen LogP contribution in [0.4, 0.5) is 5.69 Å². The van der Waals surface area contributed by atoms with E-state index in [1.807, 2.05) is 24.3 Å². The largest absolute Gasteiger partial charge is 0.451 e. The van der Waals surface area contributed by atoms with Gasteiger partial charge in [-0.1, -0.05) is 24.3 Å². The molecule has 0 unspecified atom stereocenters. The number of ether oxygens (including phenoxy) is 2. The standard InChI is InChI=1S/C22H23N3O6S/c1-15-6-7-17(13-20(15)32(28,29)25-8-10-30-11-9-25)23-21(26)14-31-22(27)19-12-16-4-2-3-5-18(16)24-19/h2-7,12-13,24H,8-11,14H2,1H3,(H,23,26). The molecule has 32 heavy (non-hydrogen) atoms. The quantitative estimate of drug-likeness (QED) is 0.549. The van der Waals surface area contributed by atoms with E-state index in [0.717, 1.165) is 10.9 Å². The van der Waals surface area contributed by atoms with Gasteiger partial charge in [-0.15, -0.1) is 0 Å². The van der Waals surface area contributed by atoms with Crippen LogP contribution >= 0.6 is 0 Å². The van der Waals surface area contributed by atoms with Crippen LogP contribution < -0.4 is 5.32 Å². The smallest absolute Gasteiger partial charge is 0.355 e. The number of aryl methyl sites for hydroxylation is 1. The van der Waals surface area contributed by atoms with Gasteiger partial charge in [0, 0.05) is 29.7 Å². The number of fused-ring (bicyclic) bond motifs is 1. The lowest BCUT2D eigenvalue weighted by Gasteiger charge is -2.26. The molecule has 0 bridgehead atoms. The highest BCUT2D eigenvalue weighted by Crippen LogP contribution is 2.24. The lowest BCUT2D eigenvalue weighted by Crippen LogP contribution is -2.40. The number of para-hydroxylation sites is 1. The fraction of sp³-hybridized carbons (Fsp3) is 0.273. The van der Waals surface area contributed by atoms with E-state index in [0.29, 0.717) is 24.5 Å². The second-order valence-electron chi connectivity index (χ2n) is 7.39. The highest BCUT2D eigenvalue weighted by molar-refractivity contribution is 7.89. The van der Waals surface area contributed by atoms with Crippen LogP contribution in [-0.2, 0) is 24.3 Å². The summed E-state index contributed by atoms with van der Waals surface area (Å²) >= 11 is 0. The van der Waals surface area contributed by atoms with Gasteiger partial charge < -0.3 is 19.8 Å². The number of rotatable bonds is 6. The summed E-state index contributed by atoms with van der Waals surface area (Å²) < 4.78 is 37.6. The van der Waals surface area contributed by atoms with Crippen molar-refractivity contribution in [2.45, 2.75) is 11.8 Å². The Bertz CT molecular complexity index is 1230. The van der Waals surface area contributed by atoms with Crippen molar-refractivity contribution in [1.29, 1.82) is 0 Å². The number of aromatic nitrogens is 1. The Morgan fingerprint density at radius 3 is 2.62 bits per heavy atom. The Balaban J connectivity index is 1.41. The molecular weight excluding hydrogens is 434 g/mol. The van der Waals surface area contributed by atoms with Gasteiger partial charge in [-0.25, -0.2) is 13.2 Å².